The summed E-state index contributed by atoms with van der Waals surface area (Å²) in [7, 11) is 0. The van der Waals surface area contributed by atoms with Crippen molar-refractivity contribution in [2.24, 2.45) is 0 Å². The summed E-state index contributed by atoms with van der Waals surface area (Å²) in [5, 5.41) is 3.32. The van der Waals surface area contributed by atoms with Gasteiger partial charge in [-0.2, -0.15) is 0 Å². The van der Waals surface area contributed by atoms with E-state index in [2.05, 4.69) is 46.3 Å². The third kappa shape index (κ3) is 3.72. The van der Waals surface area contributed by atoms with Crippen LogP contribution in [0.1, 0.15) is 68.5 Å². The fourth-order valence-electron chi connectivity index (χ4n) is 5.57. The Bertz CT molecular complexity index is 720. The number of carbonyl (C=O) groups is 1. The first-order valence-electron chi connectivity index (χ1n) is 11.2. The van der Waals surface area contributed by atoms with E-state index in [9.17, 15) is 4.79 Å². The number of ether oxygens (including phenoxy) is 1. The number of morpholine rings is 1. The minimum atomic E-state index is 0.151. The Kier molecular flexibility index (Phi) is 5.16. The van der Waals surface area contributed by atoms with Crippen LogP contribution in [0.5, 0.6) is 0 Å². The van der Waals surface area contributed by atoms with Gasteiger partial charge in [-0.1, -0.05) is 24.3 Å². The maximum Gasteiger partial charge on any atom is 0.222 e. The first-order valence-corrected chi connectivity index (χ1v) is 11.2. The number of nitrogens with zero attached hydrogens (tertiary/aromatic N) is 2. The number of likely N-dealkylation sites (tertiary alicyclic amines) is 1. The zero-order valence-electron chi connectivity index (χ0n) is 17.0. The molecule has 28 heavy (non-hydrogen) atoms. The van der Waals surface area contributed by atoms with Gasteiger partial charge in [-0.3, -0.25) is 14.6 Å². The normalized spacial score (nSPS) is 35.1. The van der Waals surface area contributed by atoms with Crippen molar-refractivity contribution in [2.75, 3.05) is 26.3 Å². The van der Waals surface area contributed by atoms with Crippen molar-refractivity contribution in [2.45, 2.75) is 75.7 Å². The highest BCUT2D eigenvalue weighted by Crippen LogP contribution is 2.42. The first kappa shape index (κ1) is 18.6. The standard InChI is InChI=1S/C23H33N3O2/c1-16-15-28-11-10-25(16)20-13-22(24-23(27)14-20)26-9-3-6-21(26)19-5-2-4-18(12-19)17-7-8-17/h2,4-5,12,16-17,20-22H,3,6-11,13-15H2,1H3,(H,24,27)/t16-,20?,21?,22?/m1/s1. The van der Waals surface area contributed by atoms with Gasteiger partial charge in [-0.25, -0.2) is 0 Å². The lowest BCUT2D eigenvalue weighted by Gasteiger charge is -2.45. The zero-order valence-corrected chi connectivity index (χ0v) is 17.0. The Balaban J connectivity index is 1.33. The molecular formula is C23H33N3O2. The molecule has 3 aliphatic heterocycles. The molecule has 3 saturated heterocycles. The number of amides is 1. The van der Waals surface area contributed by atoms with Crippen molar-refractivity contribution in [3.8, 4) is 0 Å². The van der Waals surface area contributed by atoms with Crippen LogP contribution in [0.2, 0.25) is 0 Å². The van der Waals surface area contributed by atoms with Crippen LogP contribution in [0.15, 0.2) is 24.3 Å². The van der Waals surface area contributed by atoms with Gasteiger partial charge >= 0.3 is 0 Å². The molecule has 1 saturated carbocycles. The molecule has 5 nitrogen and oxygen atoms in total. The fourth-order valence-corrected chi connectivity index (χ4v) is 5.57. The fraction of sp³-hybridized carbons (Fsp3) is 0.696. The number of rotatable bonds is 4. The Hall–Kier alpha value is -1.43. The van der Waals surface area contributed by atoms with Gasteiger partial charge in [0.2, 0.25) is 5.91 Å². The topological polar surface area (TPSA) is 44.8 Å². The Morgan fingerprint density at radius 2 is 1.96 bits per heavy atom. The molecule has 1 aromatic rings. The Morgan fingerprint density at radius 1 is 1.11 bits per heavy atom. The molecular weight excluding hydrogens is 350 g/mol. The smallest absolute Gasteiger partial charge is 0.222 e. The largest absolute Gasteiger partial charge is 0.379 e. The average Bonchev–Trinajstić information content (AvgIpc) is 3.44. The summed E-state index contributed by atoms with van der Waals surface area (Å²) in [4.78, 5) is 17.7. The molecule has 1 N–H and O–H groups in total. The quantitative estimate of drug-likeness (QED) is 0.868. The van der Waals surface area contributed by atoms with Crippen molar-refractivity contribution >= 4 is 5.91 Å². The van der Waals surface area contributed by atoms with Crippen LogP contribution in [0.25, 0.3) is 0 Å². The van der Waals surface area contributed by atoms with Gasteiger partial charge in [-0.15, -0.1) is 0 Å². The lowest BCUT2D eigenvalue weighted by atomic mass is 9.96. The number of benzene rings is 1. The summed E-state index contributed by atoms with van der Waals surface area (Å²) in [5.74, 6) is 0.994. The molecule has 0 spiro atoms. The van der Waals surface area contributed by atoms with Gasteiger partial charge in [0.25, 0.3) is 0 Å². The Labute approximate surface area is 168 Å². The molecule has 4 fully saturated rings. The molecule has 0 aromatic heterocycles. The lowest BCUT2D eigenvalue weighted by Crippen LogP contribution is -2.59. The van der Waals surface area contributed by atoms with Crippen molar-refractivity contribution in [3.63, 3.8) is 0 Å². The average molecular weight is 384 g/mol. The summed E-state index contributed by atoms with van der Waals surface area (Å²) < 4.78 is 5.61. The SMILES string of the molecule is C[C@@H]1COCCN1C1CC(=O)NC(N2CCCC2c2cccc(C3CC3)c2)C1. The van der Waals surface area contributed by atoms with Crippen LogP contribution >= 0.6 is 0 Å². The van der Waals surface area contributed by atoms with Crippen molar-refractivity contribution in [3.05, 3.63) is 35.4 Å². The third-order valence-electron chi connectivity index (χ3n) is 7.17. The molecule has 0 bridgehead atoms. The monoisotopic (exact) mass is 383 g/mol. The van der Waals surface area contributed by atoms with E-state index in [0.717, 1.165) is 38.6 Å². The Morgan fingerprint density at radius 3 is 2.79 bits per heavy atom. The van der Waals surface area contributed by atoms with Gasteiger partial charge in [0.1, 0.15) is 0 Å². The van der Waals surface area contributed by atoms with E-state index in [-0.39, 0.29) is 12.1 Å². The minimum absolute atomic E-state index is 0.151. The highest BCUT2D eigenvalue weighted by atomic mass is 16.5. The van der Waals surface area contributed by atoms with Crippen LogP contribution in [0, 0.1) is 0 Å². The number of nitrogens with one attached hydrogen (secondary N) is 1. The van der Waals surface area contributed by atoms with Crippen molar-refractivity contribution < 1.29 is 9.53 Å². The number of piperidine rings is 1. The number of hydrogen-bond acceptors (Lipinski definition) is 4. The minimum Gasteiger partial charge on any atom is -0.379 e. The van der Waals surface area contributed by atoms with E-state index >= 15 is 0 Å². The van der Waals surface area contributed by atoms with E-state index in [4.69, 9.17) is 4.74 Å². The lowest BCUT2D eigenvalue weighted by molar-refractivity contribution is -0.130. The molecule has 1 aliphatic carbocycles. The second kappa shape index (κ2) is 7.77. The van der Waals surface area contributed by atoms with Gasteiger partial charge in [0.15, 0.2) is 0 Å². The molecule has 5 heteroatoms. The van der Waals surface area contributed by atoms with E-state index in [1.165, 1.54) is 36.8 Å². The molecule has 1 aromatic carbocycles. The molecule has 1 amide bonds. The van der Waals surface area contributed by atoms with E-state index in [1.54, 1.807) is 0 Å². The maximum absolute atomic E-state index is 12.6. The molecule has 4 aliphatic rings. The zero-order chi connectivity index (χ0) is 19.1. The first-order chi connectivity index (χ1) is 13.7. The predicted octanol–water partition coefficient (Wildman–Crippen LogP) is 3.03. The van der Waals surface area contributed by atoms with Crippen LogP contribution in [-0.2, 0) is 9.53 Å². The maximum atomic E-state index is 12.6. The summed E-state index contributed by atoms with van der Waals surface area (Å²) in [6.07, 6.45) is 6.89. The third-order valence-corrected chi connectivity index (χ3v) is 7.17. The van der Waals surface area contributed by atoms with Crippen LogP contribution in [0.4, 0.5) is 0 Å². The van der Waals surface area contributed by atoms with Gasteiger partial charge in [0, 0.05) is 37.6 Å². The van der Waals surface area contributed by atoms with Crippen molar-refractivity contribution in [1.29, 1.82) is 0 Å². The molecule has 4 atom stereocenters. The van der Waals surface area contributed by atoms with E-state index in [0.29, 0.717) is 24.5 Å². The van der Waals surface area contributed by atoms with Gasteiger partial charge < -0.3 is 10.1 Å². The second-order valence-electron chi connectivity index (χ2n) is 9.18. The van der Waals surface area contributed by atoms with Crippen molar-refractivity contribution in [1.82, 2.24) is 15.1 Å². The molecule has 0 radical (unpaired) electrons. The van der Waals surface area contributed by atoms with Crippen LogP contribution < -0.4 is 5.32 Å². The van der Waals surface area contributed by atoms with E-state index < -0.39 is 0 Å². The van der Waals surface area contributed by atoms with Crippen LogP contribution in [-0.4, -0.2) is 60.3 Å². The molecule has 3 heterocycles. The highest BCUT2D eigenvalue weighted by Gasteiger charge is 2.40. The summed E-state index contributed by atoms with van der Waals surface area (Å²) in [6, 6.07) is 10.4. The number of hydrogen-bond donors (Lipinski definition) is 1. The molecule has 152 valence electrons. The van der Waals surface area contributed by atoms with E-state index in [1.807, 2.05) is 0 Å². The van der Waals surface area contributed by atoms with Crippen LogP contribution in [0.3, 0.4) is 0 Å². The second-order valence-corrected chi connectivity index (χ2v) is 9.18. The van der Waals surface area contributed by atoms with Gasteiger partial charge in [-0.05, 0) is 56.1 Å². The predicted molar refractivity (Wildman–Crippen MR) is 109 cm³/mol. The van der Waals surface area contributed by atoms with Gasteiger partial charge in [0.05, 0.1) is 19.4 Å². The summed E-state index contributed by atoms with van der Waals surface area (Å²) >= 11 is 0. The molecule has 5 rings (SSSR count). The molecule has 3 unspecified atom stereocenters. The summed E-state index contributed by atoms with van der Waals surface area (Å²) in [6.45, 7) is 5.81. The highest BCUT2D eigenvalue weighted by molar-refractivity contribution is 5.77. The number of carbonyl (C=O) groups excluding carboxylic acids is 1. The summed E-state index contributed by atoms with van der Waals surface area (Å²) in [5.41, 5.74) is 2.95.